The molecule has 25 heavy (non-hydrogen) atoms. The molecule has 1 unspecified atom stereocenters. The molecule has 0 aliphatic carbocycles. The van der Waals surface area contributed by atoms with E-state index in [9.17, 15) is 19.7 Å². The summed E-state index contributed by atoms with van der Waals surface area (Å²) in [5.41, 5.74) is -0.820. The van der Waals surface area contributed by atoms with Crippen molar-refractivity contribution in [2.75, 3.05) is 20.8 Å². The predicted octanol–water partition coefficient (Wildman–Crippen LogP) is 2.07. The normalized spacial score (nSPS) is 11.4. The van der Waals surface area contributed by atoms with Gasteiger partial charge in [-0.1, -0.05) is 13.3 Å². The zero-order valence-corrected chi connectivity index (χ0v) is 14.7. The summed E-state index contributed by atoms with van der Waals surface area (Å²) in [5.74, 6) is -1.22. The van der Waals surface area contributed by atoms with E-state index in [-0.39, 0.29) is 23.1 Å². The van der Waals surface area contributed by atoms with Crippen molar-refractivity contribution < 1.29 is 28.7 Å². The molecule has 1 atom stereocenters. The van der Waals surface area contributed by atoms with E-state index in [1.807, 2.05) is 13.8 Å². The molecule has 1 rings (SSSR count). The molecule has 0 fully saturated rings. The quantitative estimate of drug-likeness (QED) is 0.410. The van der Waals surface area contributed by atoms with E-state index < -0.39 is 29.1 Å². The van der Waals surface area contributed by atoms with Crippen LogP contribution in [0.15, 0.2) is 12.1 Å². The third-order valence-electron chi connectivity index (χ3n) is 3.38. The van der Waals surface area contributed by atoms with Crippen molar-refractivity contribution in [3.8, 4) is 11.5 Å². The van der Waals surface area contributed by atoms with Gasteiger partial charge in [-0.05, 0) is 13.3 Å². The second-order valence-corrected chi connectivity index (χ2v) is 5.31. The van der Waals surface area contributed by atoms with Crippen molar-refractivity contribution in [3.05, 3.63) is 27.8 Å². The summed E-state index contributed by atoms with van der Waals surface area (Å²) in [6, 6.07) is 2.17. The van der Waals surface area contributed by atoms with Crippen LogP contribution in [0.25, 0.3) is 0 Å². The second kappa shape index (κ2) is 9.45. The SMILES string of the molecule is CCCC(C)NC(=O)COC(=O)c1cc(OC)c(OC)cc1[N+](=O)[O-]. The van der Waals surface area contributed by atoms with Crippen molar-refractivity contribution in [1.29, 1.82) is 0 Å². The Morgan fingerprint density at radius 2 is 1.84 bits per heavy atom. The minimum atomic E-state index is -0.994. The molecular weight excluding hydrogens is 332 g/mol. The number of benzene rings is 1. The summed E-state index contributed by atoms with van der Waals surface area (Å²) < 4.78 is 14.9. The number of nitrogens with one attached hydrogen (secondary N) is 1. The minimum Gasteiger partial charge on any atom is -0.493 e. The number of nitro groups is 1. The summed E-state index contributed by atoms with van der Waals surface area (Å²) in [6.07, 6.45) is 1.69. The number of ether oxygens (including phenoxy) is 3. The number of esters is 1. The van der Waals surface area contributed by atoms with Crippen LogP contribution < -0.4 is 14.8 Å². The Balaban J connectivity index is 2.90. The molecule has 9 nitrogen and oxygen atoms in total. The van der Waals surface area contributed by atoms with Gasteiger partial charge in [0, 0.05) is 12.1 Å². The Morgan fingerprint density at radius 3 is 2.36 bits per heavy atom. The number of carbonyl (C=O) groups is 2. The maximum atomic E-state index is 12.2. The minimum absolute atomic E-state index is 0.0494. The van der Waals surface area contributed by atoms with E-state index in [0.29, 0.717) is 0 Å². The molecular formula is C16H22N2O7. The standard InChI is InChI=1S/C16H22N2O7/c1-5-6-10(2)17-15(19)9-25-16(20)11-7-13(23-3)14(24-4)8-12(11)18(21)22/h7-8,10H,5-6,9H2,1-4H3,(H,17,19). The zero-order chi connectivity index (χ0) is 19.0. The van der Waals surface area contributed by atoms with Gasteiger partial charge in [-0.25, -0.2) is 4.79 Å². The van der Waals surface area contributed by atoms with Crippen LogP contribution in [-0.2, 0) is 9.53 Å². The average molecular weight is 354 g/mol. The van der Waals surface area contributed by atoms with E-state index in [4.69, 9.17) is 14.2 Å². The van der Waals surface area contributed by atoms with Crippen LogP contribution in [-0.4, -0.2) is 43.7 Å². The van der Waals surface area contributed by atoms with E-state index in [2.05, 4.69) is 5.32 Å². The molecule has 0 radical (unpaired) electrons. The van der Waals surface area contributed by atoms with Crippen LogP contribution in [0.5, 0.6) is 11.5 Å². The largest absolute Gasteiger partial charge is 0.493 e. The summed E-state index contributed by atoms with van der Waals surface area (Å²) >= 11 is 0. The molecule has 0 aromatic heterocycles. The Morgan fingerprint density at radius 1 is 1.24 bits per heavy atom. The highest BCUT2D eigenvalue weighted by molar-refractivity contribution is 5.96. The van der Waals surface area contributed by atoms with Gasteiger partial charge in [0.1, 0.15) is 5.56 Å². The number of rotatable bonds is 9. The Bertz CT molecular complexity index is 646. The first kappa shape index (κ1) is 20.2. The van der Waals surface area contributed by atoms with Gasteiger partial charge in [0.2, 0.25) is 0 Å². The third kappa shape index (κ3) is 5.63. The molecule has 0 bridgehead atoms. The molecule has 0 spiro atoms. The maximum Gasteiger partial charge on any atom is 0.345 e. The average Bonchev–Trinajstić information content (AvgIpc) is 2.58. The van der Waals surface area contributed by atoms with Gasteiger partial charge < -0.3 is 19.5 Å². The lowest BCUT2D eigenvalue weighted by molar-refractivity contribution is -0.385. The second-order valence-electron chi connectivity index (χ2n) is 5.31. The van der Waals surface area contributed by atoms with Gasteiger partial charge in [0.05, 0.1) is 25.2 Å². The Kier molecular flexibility index (Phi) is 7.64. The van der Waals surface area contributed by atoms with Gasteiger partial charge in [0.15, 0.2) is 18.1 Å². The van der Waals surface area contributed by atoms with Crippen LogP contribution in [0.1, 0.15) is 37.0 Å². The number of hydrogen-bond donors (Lipinski definition) is 1. The number of amides is 1. The van der Waals surface area contributed by atoms with Crippen LogP contribution in [0.3, 0.4) is 0 Å². The van der Waals surface area contributed by atoms with Crippen LogP contribution in [0, 0.1) is 10.1 Å². The highest BCUT2D eigenvalue weighted by Gasteiger charge is 2.26. The summed E-state index contributed by atoms with van der Waals surface area (Å²) in [7, 11) is 2.66. The Hall–Kier alpha value is -2.84. The van der Waals surface area contributed by atoms with E-state index >= 15 is 0 Å². The lowest BCUT2D eigenvalue weighted by atomic mass is 10.1. The van der Waals surface area contributed by atoms with Crippen LogP contribution in [0.2, 0.25) is 0 Å². The molecule has 0 heterocycles. The van der Waals surface area contributed by atoms with Crippen molar-refractivity contribution in [2.24, 2.45) is 0 Å². The molecule has 0 saturated carbocycles. The molecule has 1 aromatic rings. The van der Waals surface area contributed by atoms with Crippen molar-refractivity contribution in [3.63, 3.8) is 0 Å². The lowest BCUT2D eigenvalue weighted by Crippen LogP contribution is -2.35. The molecule has 0 aliphatic heterocycles. The van der Waals surface area contributed by atoms with Crippen LogP contribution >= 0.6 is 0 Å². The highest BCUT2D eigenvalue weighted by atomic mass is 16.6. The molecule has 1 amide bonds. The topological polar surface area (TPSA) is 117 Å². The van der Waals surface area contributed by atoms with Gasteiger partial charge in [-0.2, -0.15) is 0 Å². The Labute approximate surface area is 145 Å². The number of carbonyl (C=O) groups excluding carboxylic acids is 2. The van der Waals surface area contributed by atoms with Gasteiger partial charge >= 0.3 is 5.97 Å². The smallest absolute Gasteiger partial charge is 0.345 e. The molecule has 138 valence electrons. The lowest BCUT2D eigenvalue weighted by Gasteiger charge is -2.13. The molecule has 1 aromatic carbocycles. The summed E-state index contributed by atoms with van der Waals surface area (Å²) in [6.45, 7) is 3.29. The highest BCUT2D eigenvalue weighted by Crippen LogP contribution is 2.34. The first-order valence-corrected chi connectivity index (χ1v) is 7.70. The number of nitrogens with zero attached hydrogens (tertiary/aromatic N) is 1. The first-order chi connectivity index (χ1) is 11.8. The molecule has 0 saturated heterocycles. The summed E-state index contributed by atoms with van der Waals surface area (Å²) in [5, 5.41) is 13.8. The fourth-order valence-corrected chi connectivity index (χ4v) is 2.21. The van der Waals surface area contributed by atoms with Crippen molar-refractivity contribution in [1.82, 2.24) is 5.32 Å². The van der Waals surface area contributed by atoms with Gasteiger partial charge in [-0.15, -0.1) is 0 Å². The van der Waals surface area contributed by atoms with Gasteiger partial charge in [-0.3, -0.25) is 14.9 Å². The maximum absolute atomic E-state index is 12.2. The van der Waals surface area contributed by atoms with E-state index in [1.165, 1.54) is 14.2 Å². The van der Waals surface area contributed by atoms with E-state index in [0.717, 1.165) is 25.0 Å². The van der Waals surface area contributed by atoms with E-state index in [1.54, 1.807) is 0 Å². The number of hydrogen-bond acceptors (Lipinski definition) is 7. The fraction of sp³-hybridized carbons (Fsp3) is 0.500. The number of nitro benzene ring substituents is 1. The van der Waals surface area contributed by atoms with Crippen molar-refractivity contribution in [2.45, 2.75) is 32.7 Å². The summed E-state index contributed by atoms with van der Waals surface area (Å²) in [4.78, 5) is 34.3. The monoisotopic (exact) mass is 354 g/mol. The fourth-order valence-electron chi connectivity index (χ4n) is 2.21. The molecule has 1 N–H and O–H groups in total. The molecule has 0 aliphatic rings. The molecule has 9 heteroatoms. The third-order valence-corrected chi connectivity index (χ3v) is 3.38. The van der Waals surface area contributed by atoms with Crippen molar-refractivity contribution >= 4 is 17.6 Å². The number of methoxy groups -OCH3 is 2. The van der Waals surface area contributed by atoms with Gasteiger partial charge in [0.25, 0.3) is 11.6 Å². The first-order valence-electron chi connectivity index (χ1n) is 7.70. The van der Waals surface area contributed by atoms with Crippen LogP contribution in [0.4, 0.5) is 5.69 Å². The predicted molar refractivity (Wildman–Crippen MR) is 89.0 cm³/mol. The zero-order valence-electron chi connectivity index (χ0n) is 14.7.